The Morgan fingerprint density at radius 1 is 1.00 bits per heavy atom. The fourth-order valence-electron chi connectivity index (χ4n) is 4.58. The molecule has 228 valence electrons. The van der Waals surface area contributed by atoms with Gasteiger partial charge in [0.05, 0.1) is 18.8 Å². The van der Waals surface area contributed by atoms with E-state index < -0.39 is 66.6 Å². The van der Waals surface area contributed by atoms with Gasteiger partial charge in [-0.1, -0.05) is 26.0 Å². The van der Waals surface area contributed by atoms with Crippen LogP contribution in [-0.2, 0) is 30.4 Å². The number of nitrogens with zero attached hydrogens (tertiary/aromatic N) is 1. The van der Waals surface area contributed by atoms with Crippen LogP contribution in [0.4, 0.5) is 0 Å². The first-order valence-electron chi connectivity index (χ1n) is 13.5. The van der Waals surface area contributed by atoms with Crippen molar-refractivity contribution in [3.8, 4) is 5.75 Å². The molecule has 2 rings (SSSR count). The molecule has 4 amide bonds. The number of likely N-dealkylation sites (tertiary alicyclic amines) is 1. The molecule has 0 bridgehead atoms. The smallest absolute Gasteiger partial charge is 0.326 e. The van der Waals surface area contributed by atoms with Crippen molar-refractivity contribution < 1.29 is 44.4 Å². The Balaban J connectivity index is 2.06. The minimum absolute atomic E-state index is 0.0191. The van der Waals surface area contributed by atoms with Crippen LogP contribution in [0.25, 0.3) is 0 Å². The number of carboxylic acid groups (broad SMARTS) is 1. The van der Waals surface area contributed by atoms with Crippen molar-refractivity contribution in [2.45, 2.75) is 82.8 Å². The molecular weight excluding hydrogens is 538 g/mol. The third kappa shape index (κ3) is 9.69. The van der Waals surface area contributed by atoms with Gasteiger partial charge in [0, 0.05) is 13.0 Å². The van der Waals surface area contributed by atoms with Crippen molar-refractivity contribution in [3.63, 3.8) is 0 Å². The molecule has 0 saturated carbocycles. The molecule has 1 aromatic rings. The maximum absolute atomic E-state index is 13.1. The lowest BCUT2D eigenvalue weighted by Crippen LogP contribution is -2.61. The molecule has 0 aromatic heterocycles. The van der Waals surface area contributed by atoms with Crippen molar-refractivity contribution in [3.05, 3.63) is 29.8 Å². The Labute approximate surface area is 238 Å². The number of amides is 4. The molecule has 41 heavy (non-hydrogen) atoms. The second-order valence-electron chi connectivity index (χ2n) is 10.7. The van der Waals surface area contributed by atoms with E-state index in [9.17, 15) is 44.4 Å². The number of aliphatic hydroxyl groups is 2. The molecule has 14 heteroatoms. The van der Waals surface area contributed by atoms with E-state index in [1.165, 1.54) is 36.1 Å². The van der Waals surface area contributed by atoms with Crippen LogP contribution in [0.3, 0.4) is 0 Å². The van der Waals surface area contributed by atoms with Gasteiger partial charge in [0.1, 0.15) is 29.9 Å². The SMILES string of the molecule is CC(C)C[C@H](N)C(=O)N1CCC[C@H]1C(=O)N[C@H](C(=O)N[C@@H](CO)C(=O)N[C@@H](Cc1ccc(O)cc1)C(=O)O)[C@@H](C)O. The van der Waals surface area contributed by atoms with E-state index >= 15 is 0 Å². The number of aliphatic hydroxyl groups excluding tert-OH is 2. The van der Waals surface area contributed by atoms with Gasteiger partial charge in [0.2, 0.25) is 23.6 Å². The zero-order chi connectivity index (χ0) is 30.9. The van der Waals surface area contributed by atoms with E-state index in [-0.39, 0.29) is 24.0 Å². The number of benzene rings is 1. The summed E-state index contributed by atoms with van der Waals surface area (Å²) in [4.78, 5) is 64.7. The predicted molar refractivity (Wildman–Crippen MR) is 146 cm³/mol. The van der Waals surface area contributed by atoms with Crippen LogP contribution in [0.15, 0.2) is 24.3 Å². The number of phenols is 1. The Hall–Kier alpha value is -3.75. The molecule has 0 radical (unpaired) electrons. The zero-order valence-corrected chi connectivity index (χ0v) is 23.4. The van der Waals surface area contributed by atoms with Gasteiger partial charge in [-0.15, -0.1) is 0 Å². The van der Waals surface area contributed by atoms with E-state index in [1.807, 2.05) is 13.8 Å². The summed E-state index contributed by atoms with van der Waals surface area (Å²) in [6, 6.07) is -0.561. The molecule has 1 aromatic carbocycles. The molecule has 1 saturated heterocycles. The summed E-state index contributed by atoms with van der Waals surface area (Å²) in [5.41, 5.74) is 6.52. The second-order valence-corrected chi connectivity index (χ2v) is 10.7. The molecule has 9 N–H and O–H groups in total. The summed E-state index contributed by atoms with van der Waals surface area (Å²) in [6.07, 6.45) is -0.247. The number of carboxylic acids is 1. The van der Waals surface area contributed by atoms with Gasteiger partial charge >= 0.3 is 5.97 Å². The summed E-state index contributed by atoms with van der Waals surface area (Å²) >= 11 is 0. The topological polar surface area (TPSA) is 232 Å². The first-order valence-corrected chi connectivity index (χ1v) is 13.5. The van der Waals surface area contributed by atoms with Gasteiger partial charge in [-0.05, 0) is 49.8 Å². The fraction of sp³-hybridized carbons (Fsp3) is 0.593. The highest BCUT2D eigenvalue weighted by Gasteiger charge is 2.39. The molecule has 0 spiro atoms. The number of carbonyl (C=O) groups excluding carboxylic acids is 4. The Morgan fingerprint density at radius 3 is 2.15 bits per heavy atom. The quantitative estimate of drug-likeness (QED) is 0.123. The lowest BCUT2D eigenvalue weighted by molar-refractivity contribution is -0.143. The number of aromatic hydroxyl groups is 1. The van der Waals surface area contributed by atoms with Crippen LogP contribution in [0.2, 0.25) is 0 Å². The van der Waals surface area contributed by atoms with Crippen molar-refractivity contribution in [1.82, 2.24) is 20.9 Å². The van der Waals surface area contributed by atoms with Gasteiger partial charge in [0.15, 0.2) is 0 Å². The number of phenolic OH excluding ortho intramolecular Hbond substituents is 1. The molecule has 6 atom stereocenters. The number of rotatable bonds is 14. The molecule has 1 heterocycles. The summed E-state index contributed by atoms with van der Waals surface area (Å²) in [6.45, 7) is 4.50. The summed E-state index contributed by atoms with van der Waals surface area (Å²) < 4.78 is 0. The van der Waals surface area contributed by atoms with Crippen LogP contribution in [0, 0.1) is 5.92 Å². The first-order chi connectivity index (χ1) is 19.2. The third-order valence-electron chi connectivity index (χ3n) is 6.75. The van der Waals surface area contributed by atoms with Gasteiger partial charge in [-0.3, -0.25) is 19.2 Å². The van der Waals surface area contributed by atoms with Crippen molar-refractivity contribution >= 4 is 29.6 Å². The number of nitrogens with one attached hydrogen (secondary N) is 3. The minimum atomic E-state index is -1.60. The average molecular weight is 580 g/mol. The van der Waals surface area contributed by atoms with Gasteiger partial charge in [-0.25, -0.2) is 4.79 Å². The lowest BCUT2D eigenvalue weighted by atomic mass is 10.0. The predicted octanol–water partition coefficient (Wildman–Crippen LogP) is -1.79. The standard InChI is InChI=1S/C27H41N5O9/c1-14(2)11-18(28)26(39)32-10-4-5-21(32)24(37)31-22(15(3)34)25(38)30-20(13-33)23(36)29-19(27(40)41)12-16-6-8-17(35)9-7-16/h6-9,14-15,18-22,33-35H,4-5,10-13,28H2,1-3H3,(H,29,36)(H,30,38)(H,31,37)(H,40,41)/t15-,18+,19+,20+,21+,22+/m1/s1. The number of hydrogen-bond acceptors (Lipinski definition) is 9. The molecular formula is C27H41N5O9. The van der Waals surface area contributed by atoms with Gasteiger partial charge < -0.3 is 47.0 Å². The molecule has 0 unspecified atom stereocenters. The maximum Gasteiger partial charge on any atom is 0.326 e. The average Bonchev–Trinajstić information content (AvgIpc) is 3.39. The molecule has 1 fully saturated rings. The summed E-state index contributed by atoms with van der Waals surface area (Å²) in [5, 5.41) is 45.8. The van der Waals surface area contributed by atoms with Gasteiger partial charge in [0.25, 0.3) is 0 Å². The minimum Gasteiger partial charge on any atom is -0.508 e. The van der Waals surface area contributed by atoms with E-state index in [1.54, 1.807) is 0 Å². The highest BCUT2D eigenvalue weighted by molar-refractivity contribution is 5.96. The van der Waals surface area contributed by atoms with Crippen LogP contribution in [-0.4, -0.2) is 104 Å². The fourth-order valence-corrected chi connectivity index (χ4v) is 4.58. The largest absolute Gasteiger partial charge is 0.508 e. The Morgan fingerprint density at radius 2 is 1.61 bits per heavy atom. The summed E-state index contributed by atoms with van der Waals surface area (Å²) in [7, 11) is 0. The monoisotopic (exact) mass is 579 g/mol. The molecule has 1 aliphatic rings. The van der Waals surface area contributed by atoms with Gasteiger partial charge in [-0.2, -0.15) is 0 Å². The third-order valence-corrected chi connectivity index (χ3v) is 6.75. The Kier molecular flexibility index (Phi) is 12.5. The normalized spacial score (nSPS) is 18.6. The van der Waals surface area contributed by atoms with Crippen LogP contribution >= 0.6 is 0 Å². The zero-order valence-electron chi connectivity index (χ0n) is 23.4. The number of aliphatic carboxylic acids is 1. The van der Waals surface area contributed by atoms with Crippen LogP contribution < -0.4 is 21.7 Å². The van der Waals surface area contributed by atoms with E-state index in [4.69, 9.17) is 5.73 Å². The van der Waals surface area contributed by atoms with E-state index in [0.717, 1.165) is 0 Å². The van der Waals surface area contributed by atoms with E-state index in [0.29, 0.717) is 31.4 Å². The first kappa shape index (κ1) is 33.5. The van der Waals surface area contributed by atoms with Crippen molar-refractivity contribution in [2.75, 3.05) is 13.2 Å². The maximum atomic E-state index is 13.1. The number of nitrogens with two attached hydrogens (primary N) is 1. The van der Waals surface area contributed by atoms with Crippen LogP contribution in [0.5, 0.6) is 5.75 Å². The Bertz CT molecular complexity index is 1080. The number of hydrogen-bond donors (Lipinski definition) is 8. The number of carbonyl (C=O) groups is 5. The van der Waals surface area contributed by atoms with Crippen LogP contribution in [0.1, 0.15) is 45.6 Å². The highest BCUT2D eigenvalue weighted by atomic mass is 16.4. The van der Waals surface area contributed by atoms with Crippen molar-refractivity contribution in [2.24, 2.45) is 11.7 Å². The lowest BCUT2D eigenvalue weighted by Gasteiger charge is -2.30. The van der Waals surface area contributed by atoms with E-state index in [2.05, 4.69) is 16.0 Å². The summed E-state index contributed by atoms with van der Waals surface area (Å²) in [5.74, 6) is -4.29. The molecule has 14 nitrogen and oxygen atoms in total. The van der Waals surface area contributed by atoms with Crippen molar-refractivity contribution in [1.29, 1.82) is 0 Å². The molecule has 0 aliphatic carbocycles. The highest BCUT2D eigenvalue weighted by Crippen LogP contribution is 2.20. The molecule has 1 aliphatic heterocycles. The second kappa shape index (κ2) is 15.3.